The number of methoxy groups -OCH3 is 1. The van der Waals surface area contributed by atoms with Crippen LogP contribution >= 0.6 is 0 Å². The third kappa shape index (κ3) is 2.40. The van der Waals surface area contributed by atoms with Gasteiger partial charge in [0.2, 0.25) is 0 Å². The van der Waals surface area contributed by atoms with E-state index in [4.69, 9.17) is 0 Å². The topological polar surface area (TPSA) is 67.3 Å². The lowest BCUT2D eigenvalue weighted by Crippen LogP contribution is -2.40. The smallest absolute Gasteiger partial charge is 0.358 e. The van der Waals surface area contributed by atoms with Crippen molar-refractivity contribution >= 4 is 11.8 Å². The van der Waals surface area contributed by atoms with Crippen molar-refractivity contribution in [3.63, 3.8) is 0 Å². The summed E-state index contributed by atoms with van der Waals surface area (Å²) in [5.74, 6) is 1.09. The highest BCUT2D eigenvalue weighted by Gasteiger charge is 2.34. The molecule has 1 N–H and O–H groups in total. The van der Waals surface area contributed by atoms with Gasteiger partial charge in [0, 0.05) is 19.1 Å². The first-order chi connectivity index (χ1) is 9.28. The lowest BCUT2D eigenvalue weighted by atomic mass is 9.94. The monoisotopic (exact) mass is 262 g/mol. The van der Waals surface area contributed by atoms with E-state index in [1.54, 1.807) is 6.07 Å². The number of piperidine rings is 1. The van der Waals surface area contributed by atoms with Crippen molar-refractivity contribution in [1.29, 1.82) is 0 Å². The summed E-state index contributed by atoms with van der Waals surface area (Å²) < 4.78 is 4.61. The zero-order valence-corrected chi connectivity index (χ0v) is 11.0. The summed E-state index contributed by atoms with van der Waals surface area (Å²) in [7, 11) is 1.34. The molecule has 0 saturated carbocycles. The first-order valence-corrected chi connectivity index (χ1v) is 6.68. The standard InChI is InChI=1S/C13H18N4O2/c1-19-13(18)10-4-5-12(16-15-10)17-7-9-3-2-6-14-11(9)8-17/h4-5,9,11,14H,2-3,6-8H2,1H3/t9-,11+/m0/s1. The van der Waals surface area contributed by atoms with Crippen molar-refractivity contribution in [3.8, 4) is 0 Å². The normalized spacial score (nSPS) is 26.1. The molecule has 0 radical (unpaired) electrons. The van der Waals surface area contributed by atoms with Gasteiger partial charge in [-0.15, -0.1) is 10.2 Å². The van der Waals surface area contributed by atoms with Gasteiger partial charge in [0.15, 0.2) is 11.5 Å². The molecule has 0 amide bonds. The third-order valence-electron chi connectivity index (χ3n) is 3.97. The van der Waals surface area contributed by atoms with E-state index in [9.17, 15) is 4.79 Å². The van der Waals surface area contributed by atoms with E-state index in [-0.39, 0.29) is 5.69 Å². The SMILES string of the molecule is COC(=O)c1ccc(N2C[C@@H]3CCCN[C@@H]3C2)nn1. The molecule has 1 aromatic rings. The Morgan fingerprint density at radius 1 is 1.42 bits per heavy atom. The van der Waals surface area contributed by atoms with E-state index >= 15 is 0 Å². The number of hydrogen-bond acceptors (Lipinski definition) is 6. The number of anilines is 1. The Hall–Kier alpha value is -1.69. The van der Waals surface area contributed by atoms with Gasteiger partial charge < -0.3 is 15.0 Å². The summed E-state index contributed by atoms with van der Waals surface area (Å²) in [6.45, 7) is 3.10. The Morgan fingerprint density at radius 2 is 2.32 bits per heavy atom. The number of rotatable bonds is 2. The van der Waals surface area contributed by atoms with Crippen LogP contribution in [0.15, 0.2) is 12.1 Å². The summed E-state index contributed by atoms with van der Waals surface area (Å²) in [5, 5.41) is 11.6. The van der Waals surface area contributed by atoms with Gasteiger partial charge in [-0.3, -0.25) is 0 Å². The van der Waals surface area contributed by atoms with E-state index in [0.29, 0.717) is 12.0 Å². The second kappa shape index (κ2) is 5.13. The minimum atomic E-state index is -0.448. The van der Waals surface area contributed by atoms with Gasteiger partial charge in [-0.1, -0.05) is 0 Å². The lowest BCUT2D eigenvalue weighted by Gasteiger charge is -2.24. The Kier molecular flexibility index (Phi) is 3.33. The molecule has 2 saturated heterocycles. The van der Waals surface area contributed by atoms with Crippen LogP contribution in [0.1, 0.15) is 23.3 Å². The van der Waals surface area contributed by atoms with Crippen LogP contribution in [0.25, 0.3) is 0 Å². The lowest BCUT2D eigenvalue weighted by molar-refractivity contribution is 0.0592. The van der Waals surface area contributed by atoms with E-state index in [1.807, 2.05) is 6.07 Å². The number of esters is 1. The third-order valence-corrected chi connectivity index (χ3v) is 3.97. The van der Waals surface area contributed by atoms with E-state index in [1.165, 1.54) is 20.0 Å². The van der Waals surface area contributed by atoms with Crippen molar-refractivity contribution in [2.45, 2.75) is 18.9 Å². The van der Waals surface area contributed by atoms with Crippen LogP contribution in [0.5, 0.6) is 0 Å². The van der Waals surface area contributed by atoms with Crippen LogP contribution in [0.2, 0.25) is 0 Å². The number of nitrogens with one attached hydrogen (secondary N) is 1. The van der Waals surface area contributed by atoms with Crippen LogP contribution in [-0.2, 0) is 4.74 Å². The van der Waals surface area contributed by atoms with Crippen molar-refractivity contribution in [2.75, 3.05) is 31.6 Å². The number of hydrogen-bond donors (Lipinski definition) is 1. The minimum Gasteiger partial charge on any atom is -0.464 e. The Morgan fingerprint density at radius 3 is 3.00 bits per heavy atom. The number of carbonyl (C=O) groups excluding carboxylic acids is 1. The Labute approximate surface area is 112 Å². The molecule has 2 atom stereocenters. The summed E-state index contributed by atoms with van der Waals surface area (Å²) in [6, 6.07) is 4.08. The van der Waals surface area contributed by atoms with Crippen LogP contribution < -0.4 is 10.2 Å². The molecular formula is C13H18N4O2. The molecule has 0 bridgehead atoms. The number of fused-ring (bicyclic) bond motifs is 1. The molecule has 2 fully saturated rings. The highest BCUT2D eigenvalue weighted by molar-refractivity contribution is 5.86. The molecule has 6 nitrogen and oxygen atoms in total. The van der Waals surface area contributed by atoms with E-state index in [0.717, 1.165) is 25.5 Å². The van der Waals surface area contributed by atoms with E-state index < -0.39 is 5.97 Å². The average Bonchev–Trinajstić information content (AvgIpc) is 2.90. The molecule has 0 spiro atoms. The molecule has 19 heavy (non-hydrogen) atoms. The number of carbonyl (C=O) groups is 1. The quantitative estimate of drug-likeness (QED) is 0.781. The maximum absolute atomic E-state index is 11.3. The average molecular weight is 262 g/mol. The second-order valence-electron chi connectivity index (χ2n) is 5.14. The minimum absolute atomic E-state index is 0.251. The molecule has 0 aromatic carbocycles. The Balaban J connectivity index is 1.71. The van der Waals surface area contributed by atoms with Crippen LogP contribution in [0.4, 0.5) is 5.82 Å². The van der Waals surface area contributed by atoms with Crippen molar-refractivity contribution in [3.05, 3.63) is 17.8 Å². The van der Waals surface area contributed by atoms with Gasteiger partial charge in [-0.05, 0) is 37.4 Å². The fourth-order valence-electron chi connectivity index (χ4n) is 2.94. The molecule has 102 valence electrons. The highest BCUT2D eigenvalue weighted by atomic mass is 16.5. The van der Waals surface area contributed by atoms with Gasteiger partial charge in [0.05, 0.1) is 7.11 Å². The fourth-order valence-corrected chi connectivity index (χ4v) is 2.94. The summed E-state index contributed by atoms with van der Waals surface area (Å²) in [4.78, 5) is 13.5. The zero-order valence-electron chi connectivity index (χ0n) is 11.0. The van der Waals surface area contributed by atoms with Crippen LogP contribution in [0.3, 0.4) is 0 Å². The largest absolute Gasteiger partial charge is 0.464 e. The zero-order chi connectivity index (χ0) is 13.2. The fraction of sp³-hybridized carbons (Fsp3) is 0.615. The molecule has 2 aliphatic rings. The maximum Gasteiger partial charge on any atom is 0.358 e. The summed E-state index contributed by atoms with van der Waals surface area (Å²) in [5.41, 5.74) is 0.251. The van der Waals surface area contributed by atoms with Gasteiger partial charge in [0.1, 0.15) is 0 Å². The summed E-state index contributed by atoms with van der Waals surface area (Å²) in [6.07, 6.45) is 2.53. The molecule has 3 rings (SSSR count). The molecule has 6 heteroatoms. The molecule has 2 aliphatic heterocycles. The van der Waals surface area contributed by atoms with Gasteiger partial charge in [-0.2, -0.15) is 0 Å². The van der Waals surface area contributed by atoms with Gasteiger partial charge >= 0.3 is 5.97 Å². The van der Waals surface area contributed by atoms with Crippen LogP contribution in [0, 0.1) is 5.92 Å². The first-order valence-electron chi connectivity index (χ1n) is 6.68. The molecule has 1 aromatic heterocycles. The predicted octanol–water partition coefficient (Wildman–Crippen LogP) is 0.451. The van der Waals surface area contributed by atoms with Crippen LogP contribution in [-0.4, -0.2) is 49.0 Å². The maximum atomic E-state index is 11.3. The van der Waals surface area contributed by atoms with Crippen molar-refractivity contribution < 1.29 is 9.53 Å². The molecule has 0 aliphatic carbocycles. The molecule has 3 heterocycles. The number of aromatic nitrogens is 2. The summed E-state index contributed by atoms with van der Waals surface area (Å²) >= 11 is 0. The molecular weight excluding hydrogens is 244 g/mol. The highest BCUT2D eigenvalue weighted by Crippen LogP contribution is 2.27. The van der Waals surface area contributed by atoms with E-state index in [2.05, 4.69) is 25.2 Å². The van der Waals surface area contributed by atoms with Crippen molar-refractivity contribution in [1.82, 2.24) is 15.5 Å². The number of nitrogens with zero attached hydrogens (tertiary/aromatic N) is 3. The van der Waals surface area contributed by atoms with Gasteiger partial charge in [0.25, 0.3) is 0 Å². The van der Waals surface area contributed by atoms with Gasteiger partial charge in [-0.25, -0.2) is 4.79 Å². The Bertz CT molecular complexity index is 448. The first kappa shape index (κ1) is 12.3. The second-order valence-corrected chi connectivity index (χ2v) is 5.14. The molecule has 0 unspecified atom stereocenters. The van der Waals surface area contributed by atoms with Crippen molar-refractivity contribution in [2.24, 2.45) is 5.92 Å². The number of ether oxygens (including phenoxy) is 1. The predicted molar refractivity (Wildman–Crippen MR) is 70.1 cm³/mol.